The lowest BCUT2D eigenvalue weighted by Gasteiger charge is -2.16. The van der Waals surface area contributed by atoms with Gasteiger partial charge in [0.1, 0.15) is 5.65 Å². The lowest BCUT2D eigenvalue weighted by Crippen LogP contribution is -2.16. The van der Waals surface area contributed by atoms with E-state index in [1.165, 1.54) is 43.9 Å². The van der Waals surface area contributed by atoms with Crippen molar-refractivity contribution in [1.29, 1.82) is 0 Å². The number of nitrogens with zero attached hydrogens (tertiary/aromatic N) is 2. The number of fused-ring (bicyclic) bond motifs is 6. The molecule has 0 fully saturated rings. The van der Waals surface area contributed by atoms with E-state index in [1.54, 1.807) is 7.11 Å². The van der Waals surface area contributed by atoms with E-state index < -0.39 is 0 Å². The maximum absolute atomic E-state index is 5.90. The molecule has 32 heavy (non-hydrogen) atoms. The molecule has 0 bridgehead atoms. The van der Waals surface area contributed by atoms with Gasteiger partial charge in [-0.05, 0) is 41.7 Å². The van der Waals surface area contributed by atoms with E-state index in [9.17, 15) is 0 Å². The molecule has 0 aliphatic heterocycles. The van der Waals surface area contributed by atoms with Crippen molar-refractivity contribution in [2.75, 3.05) is 13.7 Å². The molecule has 5 rings (SSSR count). The number of imidazole rings is 1. The Bertz CT molecular complexity index is 1400. The van der Waals surface area contributed by atoms with E-state index in [0.717, 1.165) is 12.1 Å². The van der Waals surface area contributed by atoms with Gasteiger partial charge in [-0.2, -0.15) is 0 Å². The molecule has 0 spiro atoms. The Morgan fingerprint density at radius 1 is 0.969 bits per heavy atom. The van der Waals surface area contributed by atoms with Crippen LogP contribution < -0.4 is 0 Å². The van der Waals surface area contributed by atoms with Gasteiger partial charge in [-0.15, -0.1) is 0 Å². The smallest absolute Gasteiger partial charge is 0.145 e. The fourth-order valence-electron chi connectivity index (χ4n) is 4.62. The quantitative estimate of drug-likeness (QED) is 0.278. The number of benzene rings is 3. The molecule has 2 heterocycles. The summed E-state index contributed by atoms with van der Waals surface area (Å²) in [7, 11) is 1.74. The van der Waals surface area contributed by atoms with Crippen LogP contribution in [0.25, 0.3) is 38.4 Å². The largest absolute Gasteiger partial charge is 0.379 e. The third kappa shape index (κ3) is 3.56. The Labute approximate surface area is 188 Å². The van der Waals surface area contributed by atoms with E-state index in [0.29, 0.717) is 13.2 Å². The van der Waals surface area contributed by atoms with Crippen molar-refractivity contribution in [2.24, 2.45) is 0 Å². The topological polar surface area (TPSA) is 35.8 Å². The van der Waals surface area contributed by atoms with E-state index in [-0.39, 0.29) is 6.10 Å². The summed E-state index contributed by atoms with van der Waals surface area (Å²) in [5, 5.41) is 3.66. The first-order valence-corrected chi connectivity index (χ1v) is 11.2. The Kier molecular flexibility index (Phi) is 5.64. The van der Waals surface area contributed by atoms with Gasteiger partial charge in [0, 0.05) is 35.7 Å². The molecule has 1 unspecified atom stereocenters. The van der Waals surface area contributed by atoms with Gasteiger partial charge in [0.25, 0.3) is 0 Å². The van der Waals surface area contributed by atoms with Crippen LogP contribution in [0.3, 0.4) is 0 Å². The fraction of sp³-hybridized carbons (Fsp3) is 0.250. The second-order valence-electron chi connectivity index (χ2n) is 8.30. The van der Waals surface area contributed by atoms with Crippen LogP contribution in [0.1, 0.15) is 24.5 Å². The second-order valence-corrected chi connectivity index (χ2v) is 8.30. The molecule has 0 radical (unpaired) electrons. The van der Waals surface area contributed by atoms with Gasteiger partial charge in [-0.25, -0.2) is 4.98 Å². The molecular formula is C28H28N2O2. The van der Waals surface area contributed by atoms with Crippen molar-refractivity contribution >= 4 is 27.3 Å². The average molecular weight is 425 g/mol. The van der Waals surface area contributed by atoms with E-state index in [1.807, 2.05) is 12.4 Å². The van der Waals surface area contributed by atoms with E-state index >= 15 is 0 Å². The van der Waals surface area contributed by atoms with Crippen molar-refractivity contribution in [3.63, 3.8) is 0 Å². The molecule has 0 aliphatic carbocycles. The van der Waals surface area contributed by atoms with Crippen LogP contribution in [0.4, 0.5) is 0 Å². The van der Waals surface area contributed by atoms with Gasteiger partial charge >= 0.3 is 0 Å². The molecule has 162 valence electrons. The van der Waals surface area contributed by atoms with Crippen molar-refractivity contribution in [3.05, 3.63) is 84.2 Å². The number of pyridine rings is 1. The van der Waals surface area contributed by atoms with Gasteiger partial charge in [0.15, 0.2) is 0 Å². The Balaban J connectivity index is 1.59. The Hall–Kier alpha value is -3.21. The number of rotatable bonds is 7. The van der Waals surface area contributed by atoms with Crippen molar-refractivity contribution in [2.45, 2.75) is 33.0 Å². The highest BCUT2D eigenvalue weighted by atomic mass is 16.5. The number of aromatic nitrogens is 2. The van der Waals surface area contributed by atoms with Gasteiger partial charge in [0.2, 0.25) is 0 Å². The van der Waals surface area contributed by atoms with Gasteiger partial charge < -0.3 is 9.47 Å². The van der Waals surface area contributed by atoms with E-state index in [2.05, 4.69) is 83.9 Å². The molecule has 0 aliphatic rings. The second kappa shape index (κ2) is 8.73. The zero-order valence-corrected chi connectivity index (χ0v) is 18.8. The highest BCUT2D eigenvalue weighted by Gasteiger charge is 2.14. The van der Waals surface area contributed by atoms with Crippen LogP contribution in [-0.2, 0) is 16.1 Å². The molecule has 5 aromatic rings. The number of hydrogen-bond donors (Lipinski definition) is 0. The monoisotopic (exact) mass is 424 g/mol. The van der Waals surface area contributed by atoms with Crippen LogP contribution in [0.2, 0.25) is 0 Å². The molecule has 3 aromatic carbocycles. The number of para-hydroxylation sites is 1. The molecular weight excluding hydrogens is 396 g/mol. The molecule has 1 atom stereocenters. The van der Waals surface area contributed by atoms with Crippen molar-refractivity contribution < 1.29 is 9.47 Å². The van der Waals surface area contributed by atoms with Crippen LogP contribution in [0.15, 0.2) is 73.1 Å². The summed E-state index contributed by atoms with van der Waals surface area (Å²) in [6.07, 6.45) is 5.02. The standard InChI is InChI=1S/C28H28N2O2/c1-4-21(31-3)18-32-17-20-12-13-22(19(2)16-20)23-9-7-10-25-27(23)24-8-5-6-11-26(24)30-15-14-29-28(25)30/h5-16,21H,4,17-18H2,1-3H3. The first-order chi connectivity index (χ1) is 15.7. The molecule has 4 nitrogen and oxygen atoms in total. The summed E-state index contributed by atoms with van der Waals surface area (Å²) in [6, 6.07) is 21.7. The Morgan fingerprint density at radius 3 is 2.62 bits per heavy atom. The third-order valence-electron chi connectivity index (χ3n) is 6.32. The highest BCUT2D eigenvalue weighted by Crippen LogP contribution is 2.37. The van der Waals surface area contributed by atoms with Crippen LogP contribution in [0.5, 0.6) is 0 Å². The average Bonchev–Trinajstić information content (AvgIpc) is 3.32. The predicted octanol–water partition coefficient (Wildman–Crippen LogP) is 6.56. The maximum atomic E-state index is 5.90. The number of methoxy groups -OCH3 is 1. The maximum Gasteiger partial charge on any atom is 0.145 e. The summed E-state index contributed by atoms with van der Waals surface area (Å²) in [5.41, 5.74) is 7.06. The van der Waals surface area contributed by atoms with E-state index in [4.69, 9.17) is 9.47 Å². The lowest BCUT2D eigenvalue weighted by molar-refractivity contribution is 0.000526. The minimum absolute atomic E-state index is 0.152. The zero-order valence-electron chi connectivity index (χ0n) is 18.8. The predicted molar refractivity (Wildman–Crippen MR) is 131 cm³/mol. The van der Waals surface area contributed by atoms with Crippen molar-refractivity contribution in [3.8, 4) is 11.1 Å². The van der Waals surface area contributed by atoms with Crippen LogP contribution in [-0.4, -0.2) is 29.2 Å². The molecule has 0 saturated heterocycles. The van der Waals surface area contributed by atoms with Gasteiger partial charge in [0.05, 0.1) is 24.8 Å². The first-order valence-electron chi connectivity index (χ1n) is 11.2. The SMILES string of the molecule is CCC(COCc1ccc(-c2cccc3c2c2ccccc2n2ccnc32)c(C)c1)OC. The summed E-state index contributed by atoms with van der Waals surface area (Å²) < 4.78 is 13.5. The normalized spacial score (nSPS) is 12.7. The molecule has 4 heteroatoms. The first kappa shape index (κ1) is 20.7. The van der Waals surface area contributed by atoms with Gasteiger partial charge in [-0.1, -0.05) is 61.5 Å². The zero-order chi connectivity index (χ0) is 22.1. The summed E-state index contributed by atoms with van der Waals surface area (Å²) in [4.78, 5) is 4.67. The lowest BCUT2D eigenvalue weighted by atomic mass is 9.92. The molecule has 0 amide bonds. The van der Waals surface area contributed by atoms with Crippen molar-refractivity contribution in [1.82, 2.24) is 9.38 Å². The Morgan fingerprint density at radius 2 is 1.81 bits per heavy atom. The van der Waals surface area contributed by atoms with Gasteiger partial charge in [-0.3, -0.25) is 4.40 Å². The number of hydrogen-bond acceptors (Lipinski definition) is 3. The molecule has 0 N–H and O–H groups in total. The summed E-state index contributed by atoms with van der Waals surface area (Å²) >= 11 is 0. The van der Waals surface area contributed by atoms with Crippen LogP contribution >= 0.6 is 0 Å². The molecule has 0 saturated carbocycles. The molecule has 2 aromatic heterocycles. The summed E-state index contributed by atoms with van der Waals surface area (Å²) in [5.74, 6) is 0. The minimum Gasteiger partial charge on any atom is -0.379 e. The third-order valence-corrected chi connectivity index (χ3v) is 6.32. The minimum atomic E-state index is 0.152. The highest BCUT2D eigenvalue weighted by molar-refractivity contribution is 6.17. The fourth-order valence-corrected chi connectivity index (χ4v) is 4.62. The number of ether oxygens (including phenoxy) is 2. The van der Waals surface area contributed by atoms with Crippen LogP contribution in [0, 0.1) is 6.92 Å². The number of aryl methyl sites for hydroxylation is 1. The summed E-state index contributed by atoms with van der Waals surface area (Å²) in [6.45, 7) is 5.50.